The van der Waals surface area contributed by atoms with E-state index in [1.54, 1.807) is 29.5 Å². The lowest BCUT2D eigenvalue weighted by Crippen LogP contribution is -2.15. The third-order valence-electron chi connectivity index (χ3n) is 5.29. The predicted octanol–water partition coefficient (Wildman–Crippen LogP) is 4.65. The Kier molecular flexibility index (Phi) is 5.16. The number of carbonyl (C=O) groups excluding carboxylic acids is 1. The SMILES string of the molecule is CCc1nc2sc3c(c2c2nnc(SCC(=O)Nc4ccccc4F)n12)CCCC3. The molecule has 1 amide bonds. The van der Waals surface area contributed by atoms with Crippen molar-refractivity contribution in [2.24, 2.45) is 0 Å². The van der Waals surface area contributed by atoms with Gasteiger partial charge in [0.05, 0.1) is 16.8 Å². The van der Waals surface area contributed by atoms with Crippen LogP contribution in [0.15, 0.2) is 29.4 Å². The van der Waals surface area contributed by atoms with Crippen LogP contribution in [-0.2, 0) is 24.1 Å². The van der Waals surface area contributed by atoms with Crippen LogP contribution in [0.25, 0.3) is 15.9 Å². The molecule has 6 nitrogen and oxygen atoms in total. The first kappa shape index (κ1) is 19.4. The van der Waals surface area contributed by atoms with Crippen LogP contribution in [0, 0.1) is 5.82 Å². The summed E-state index contributed by atoms with van der Waals surface area (Å²) in [6.45, 7) is 2.06. The van der Waals surface area contributed by atoms with E-state index in [0.29, 0.717) is 5.16 Å². The Hall–Kier alpha value is -2.52. The Labute approximate surface area is 180 Å². The Balaban J connectivity index is 1.46. The van der Waals surface area contributed by atoms with Crippen LogP contribution in [0.2, 0.25) is 0 Å². The summed E-state index contributed by atoms with van der Waals surface area (Å²) >= 11 is 3.06. The number of carbonyl (C=O) groups is 1. The highest BCUT2D eigenvalue weighted by Crippen LogP contribution is 2.38. The van der Waals surface area contributed by atoms with E-state index in [0.717, 1.165) is 41.0 Å². The summed E-state index contributed by atoms with van der Waals surface area (Å²) in [5, 5.41) is 13.2. The van der Waals surface area contributed by atoms with E-state index in [4.69, 9.17) is 4.98 Å². The van der Waals surface area contributed by atoms with Gasteiger partial charge in [0.15, 0.2) is 10.8 Å². The van der Waals surface area contributed by atoms with Crippen LogP contribution in [0.4, 0.5) is 10.1 Å². The number of para-hydroxylation sites is 1. The molecule has 1 aliphatic carbocycles. The zero-order chi connectivity index (χ0) is 20.7. The molecule has 0 spiro atoms. The van der Waals surface area contributed by atoms with E-state index in [9.17, 15) is 9.18 Å². The zero-order valence-electron chi connectivity index (χ0n) is 16.4. The van der Waals surface area contributed by atoms with Crippen molar-refractivity contribution >= 4 is 50.6 Å². The number of anilines is 1. The molecule has 3 aromatic heterocycles. The lowest BCUT2D eigenvalue weighted by Gasteiger charge is -2.11. The maximum absolute atomic E-state index is 13.8. The molecule has 30 heavy (non-hydrogen) atoms. The van der Waals surface area contributed by atoms with Crippen LogP contribution in [0.3, 0.4) is 0 Å². The van der Waals surface area contributed by atoms with Gasteiger partial charge in [-0.15, -0.1) is 21.5 Å². The number of aromatic nitrogens is 4. The molecule has 0 fully saturated rings. The molecule has 0 radical (unpaired) electrons. The highest BCUT2D eigenvalue weighted by Gasteiger charge is 2.23. The maximum atomic E-state index is 13.8. The van der Waals surface area contributed by atoms with Crippen molar-refractivity contribution in [1.82, 2.24) is 19.6 Å². The van der Waals surface area contributed by atoms with Crippen molar-refractivity contribution in [2.45, 2.75) is 44.2 Å². The summed E-state index contributed by atoms with van der Waals surface area (Å²) in [7, 11) is 0. The number of thioether (sulfide) groups is 1. The lowest BCUT2D eigenvalue weighted by atomic mass is 9.97. The summed E-state index contributed by atoms with van der Waals surface area (Å²) < 4.78 is 15.7. The summed E-state index contributed by atoms with van der Waals surface area (Å²) in [5.74, 6) is 0.253. The molecule has 0 unspecified atom stereocenters. The van der Waals surface area contributed by atoms with Crippen molar-refractivity contribution in [3.05, 3.63) is 46.3 Å². The molecular formula is C21H20FN5OS2. The van der Waals surface area contributed by atoms with Gasteiger partial charge in [0.2, 0.25) is 5.91 Å². The second-order valence-corrected chi connectivity index (χ2v) is 9.26. The minimum absolute atomic E-state index is 0.109. The monoisotopic (exact) mass is 441 g/mol. The number of amides is 1. The molecule has 5 rings (SSSR count). The van der Waals surface area contributed by atoms with E-state index < -0.39 is 5.82 Å². The predicted molar refractivity (Wildman–Crippen MR) is 118 cm³/mol. The largest absolute Gasteiger partial charge is 0.323 e. The van der Waals surface area contributed by atoms with Crippen LogP contribution < -0.4 is 5.32 Å². The molecule has 154 valence electrons. The first-order chi connectivity index (χ1) is 14.7. The van der Waals surface area contributed by atoms with Crippen LogP contribution in [-0.4, -0.2) is 31.2 Å². The molecule has 0 saturated carbocycles. The summed E-state index contributed by atoms with van der Waals surface area (Å²) in [6.07, 6.45) is 5.31. The quantitative estimate of drug-likeness (QED) is 0.457. The molecule has 0 aliphatic heterocycles. The minimum Gasteiger partial charge on any atom is -0.323 e. The summed E-state index contributed by atoms with van der Waals surface area (Å²) in [4.78, 5) is 19.7. The Morgan fingerprint density at radius 1 is 1.27 bits per heavy atom. The molecule has 9 heteroatoms. The van der Waals surface area contributed by atoms with Gasteiger partial charge in [-0.25, -0.2) is 9.37 Å². The number of nitrogens with zero attached hydrogens (tertiary/aromatic N) is 4. The van der Waals surface area contributed by atoms with Gasteiger partial charge in [-0.3, -0.25) is 9.20 Å². The summed E-state index contributed by atoms with van der Waals surface area (Å²) in [5.41, 5.74) is 2.37. The van der Waals surface area contributed by atoms with E-state index in [1.807, 2.05) is 4.40 Å². The van der Waals surface area contributed by atoms with Crippen LogP contribution in [0.1, 0.15) is 36.0 Å². The number of benzene rings is 1. The number of rotatable bonds is 5. The molecule has 0 saturated heterocycles. The second-order valence-electron chi connectivity index (χ2n) is 7.23. The van der Waals surface area contributed by atoms with Gasteiger partial charge < -0.3 is 5.32 Å². The Morgan fingerprint density at radius 3 is 2.93 bits per heavy atom. The topological polar surface area (TPSA) is 72.2 Å². The van der Waals surface area contributed by atoms with Gasteiger partial charge in [-0.1, -0.05) is 30.8 Å². The van der Waals surface area contributed by atoms with Crippen molar-refractivity contribution in [3.63, 3.8) is 0 Å². The smallest absolute Gasteiger partial charge is 0.234 e. The molecule has 4 aromatic rings. The van der Waals surface area contributed by atoms with Crippen molar-refractivity contribution < 1.29 is 9.18 Å². The third-order valence-corrected chi connectivity index (χ3v) is 7.41. The van der Waals surface area contributed by atoms with Gasteiger partial charge >= 0.3 is 0 Å². The van der Waals surface area contributed by atoms with E-state index in [1.165, 1.54) is 41.1 Å². The van der Waals surface area contributed by atoms with Crippen molar-refractivity contribution in [3.8, 4) is 0 Å². The average Bonchev–Trinajstić information content (AvgIpc) is 3.34. The number of thiophene rings is 1. The summed E-state index contributed by atoms with van der Waals surface area (Å²) in [6, 6.07) is 6.13. The van der Waals surface area contributed by atoms with E-state index >= 15 is 0 Å². The highest BCUT2D eigenvalue weighted by atomic mass is 32.2. The number of fused-ring (bicyclic) bond motifs is 5. The average molecular weight is 442 g/mol. The molecular weight excluding hydrogens is 421 g/mol. The van der Waals surface area contributed by atoms with Crippen molar-refractivity contribution in [2.75, 3.05) is 11.1 Å². The van der Waals surface area contributed by atoms with Crippen LogP contribution >= 0.6 is 23.1 Å². The Morgan fingerprint density at radius 2 is 2.10 bits per heavy atom. The van der Waals surface area contributed by atoms with Gasteiger partial charge in [0, 0.05) is 11.3 Å². The first-order valence-corrected chi connectivity index (χ1v) is 11.8. The molecule has 1 aromatic carbocycles. The third kappa shape index (κ3) is 3.35. The Bertz CT molecular complexity index is 1270. The zero-order valence-corrected chi connectivity index (χ0v) is 18.1. The number of aryl methyl sites for hydroxylation is 3. The first-order valence-electron chi connectivity index (χ1n) is 10.0. The second kappa shape index (κ2) is 7.96. The fourth-order valence-electron chi connectivity index (χ4n) is 3.90. The fraction of sp³-hybridized carbons (Fsp3) is 0.333. The molecule has 1 N–H and O–H groups in total. The molecule has 0 atom stereocenters. The van der Waals surface area contributed by atoms with E-state index in [2.05, 4.69) is 22.4 Å². The molecule has 0 bridgehead atoms. The van der Waals surface area contributed by atoms with Gasteiger partial charge in [-0.05, 0) is 43.4 Å². The number of hydrogen-bond donors (Lipinski definition) is 1. The number of halogens is 1. The lowest BCUT2D eigenvalue weighted by molar-refractivity contribution is -0.113. The standard InChI is InChI=1S/C21H20FN5OS2/c1-2-16-24-20-18(12-7-3-6-10-15(12)30-20)19-25-26-21(27(16)19)29-11-17(28)23-14-9-5-4-8-13(14)22/h4-5,8-9H,2-3,6-7,10-11H2,1H3,(H,23,28). The van der Waals surface area contributed by atoms with E-state index in [-0.39, 0.29) is 17.3 Å². The minimum atomic E-state index is -0.453. The van der Waals surface area contributed by atoms with Gasteiger partial charge in [0.1, 0.15) is 16.5 Å². The van der Waals surface area contributed by atoms with Crippen molar-refractivity contribution in [1.29, 1.82) is 0 Å². The van der Waals surface area contributed by atoms with Gasteiger partial charge in [0.25, 0.3) is 0 Å². The van der Waals surface area contributed by atoms with Crippen LogP contribution in [0.5, 0.6) is 0 Å². The molecule has 1 aliphatic rings. The number of nitrogens with one attached hydrogen (secondary N) is 1. The number of hydrogen-bond acceptors (Lipinski definition) is 6. The molecule has 3 heterocycles. The fourth-order valence-corrected chi connectivity index (χ4v) is 5.93. The normalized spacial score (nSPS) is 13.7. The highest BCUT2D eigenvalue weighted by molar-refractivity contribution is 7.99. The van der Waals surface area contributed by atoms with Gasteiger partial charge in [-0.2, -0.15) is 0 Å². The maximum Gasteiger partial charge on any atom is 0.234 e.